The van der Waals surface area contributed by atoms with Crippen LogP contribution in [0.1, 0.15) is 0 Å². The fourth-order valence-corrected chi connectivity index (χ4v) is 2.49. The Morgan fingerprint density at radius 2 is 1.78 bits per heavy atom. The second-order valence-electron chi connectivity index (χ2n) is 4.74. The van der Waals surface area contributed by atoms with Gasteiger partial charge in [-0.1, -0.05) is 0 Å². The summed E-state index contributed by atoms with van der Waals surface area (Å²) in [7, 11) is 0. The molecule has 0 radical (unpaired) electrons. The average molecular weight is 424 g/mol. The average Bonchev–Trinajstić information content (AvgIpc) is 2.57. The van der Waals surface area contributed by atoms with Gasteiger partial charge in [0, 0.05) is 15.3 Å². The third kappa shape index (κ3) is 3.55. The molecule has 1 aliphatic rings. The van der Waals surface area contributed by atoms with Crippen LogP contribution in [0.15, 0.2) is 42.5 Å². The molecule has 0 saturated carbocycles. The molecule has 0 saturated heterocycles. The van der Waals surface area contributed by atoms with E-state index in [0.717, 1.165) is 8.47 Å². The smallest absolute Gasteiger partial charge is 0.332 e. The lowest BCUT2D eigenvalue weighted by Gasteiger charge is -2.20. The van der Waals surface area contributed by atoms with Crippen LogP contribution in [-0.2, 0) is 4.79 Å². The zero-order valence-electron chi connectivity index (χ0n) is 12.0. The molecule has 1 N–H and O–H groups in total. The van der Waals surface area contributed by atoms with Gasteiger partial charge in [0.25, 0.3) is 0 Å². The van der Waals surface area contributed by atoms with Crippen LogP contribution in [-0.4, -0.2) is 25.7 Å². The minimum absolute atomic E-state index is 0.466. The van der Waals surface area contributed by atoms with Crippen molar-refractivity contribution in [2.75, 3.05) is 23.4 Å². The third-order valence-electron chi connectivity index (χ3n) is 3.22. The number of benzene rings is 2. The van der Waals surface area contributed by atoms with Crippen molar-refractivity contribution in [3.05, 3.63) is 46.0 Å². The van der Waals surface area contributed by atoms with Crippen molar-refractivity contribution in [3.8, 4) is 11.5 Å². The van der Waals surface area contributed by atoms with Gasteiger partial charge >= 0.3 is 6.03 Å². The number of hydrogen-bond donors (Lipinski definition) is 1. The van der Waals surface area contributed by atoms with E-state index in [1.54, 1.807) is 30.3 Å². The third-order valence-corrected chi connectivity index (χ3v) is 3.94. The number of nitrogens with zero attached hydrogens (tertiary/aromatic N) is 1. The van der Waals surface area contributed by atoms with E-state index in [1.165, 1.54) is 0 Å². The van der Waals surface area contributed by atoms with Gasteiger partial charge in [0.2, 0.25) is 6.41 Å². The predicted molar refractivity (Wildman–Crippen MR) is 94.2 cm³/mol. The molecule has 0 fully saturated rings. The molecule has 6 nitrogen and oxygen atoms in total. The van der Waals surface area contributed by atoms with Crippen LogP contribution in [0.4, 0.5) is 16.2 Å². The van der Waals surface area contributed by atoms with Crippen molar-refractivity contribution < 1.29 is 19.1 Å². The summed E-state index contributed by atoms with van der Waals surface area (Å²) in [6, 6.07) is 11.6. The molecule has 0 unspecified atom stereocenters. The number of fused-ring (bicyclic) bond motifs is 1. The summed E-state index contributed by atoms with van der Waals surface area (Å²) >= 11 is 2.15. The van der Waals surface area contributed by atoms with E-state index in [1.807, 2.05) is 12.1 Å². The number of carbonyl (C=O) groups is 2. The Morgan fingerprint density at radius 1 is 1.09 bits per heavy atom. The number of ether oxygens (including phenoxy) is 2. The molecule has 118 valence electrons. The van der Waals surface area contributed by atoms with Gasteiger partial charge in [-0.25, -0.2) is 9.69 Å². The maximum Gasteiger partial charge on any atom is 0.332 e. The number of imide groups is 1. The van der Waals surface area contributed by atoms with Gasteiger partial charge in [-0.05, 0) is 59.0 Å². The van der Waals surface area contributed by atoms with Crippen LogP contribution in [0.25, 0.3) is 0 Å². The number of halogens is 1. The van der Waals surface area contributed by atoms with Crippen molar-refractivity contribution in [3.63, 3.8) is 0 Å². The molecule has 3 rings (SSSR count). The minimum atomic E-state index is -0.544. The van der Waals surface area contributed by atoms with E-state index in [4.69, 9.17) is 9.47 Å². The predicted octanol–water partition coefficient (Wildman–Crippen LogP) is 3.26. The Kier molecular flexibility index (Phi) is 4.65. The second kappa shape index (κ2) is 6.86. The van der Waals surface area contributed by atoms with Gasteiger partial charge in [0.05, 0.1) is 5.69 Å². The highest BCUT2D eigenvalue weighted by molar-refractivity contribution is 14.1. The SMILES string of the molecule is O=CN(C(=O)Nc1ccc2c(c1)OCCO2)c1ccc(I)cc1. The quantitative estimate of drug-likeness (QED) is 0.607. The van der Waals surface area contributed by atoms with Crippen molar-refractivity contribution in [2.24, 2.45) is 0 Å². The maximum absolute atomic E-state index is 12.3. The van der Waals surface area contributed by atoms with Crippen molar-refractivity contribution >= 4 is 46.4 Å². The number of anilines is 2. The molecule has 23 heavy (non-hydrogen) atoms. The highest BCUT2D eigenvalue weighted by Crippen LogP contribution is 2.32. The van der Waals surface area contributed by atoms with Gasteiger partial charge < -0.3 is 14.8 Å². The summed E-state index contributed by atoms with van der Waals surface area (Å²) in [6.07, 6.45) is 0.482. The highest BCUT2D eigenvalue weighted by atomic mass is 127. The summed E-state index contributed by atoms with van der Waals surface area (Å²) in [5.74, 6) is 1.21. The zero-order chi connectivity index (χ0) is 16.2. The van der Waals surface area contributed by atoms with Crippen LogP contribution in [0, 0.1) is 3.57 Å². The molecule has 0 aromatic heterocycles. The first kappa shape index (κ1) is 15.6. The van der Waals surface area contributed by atoms with Crippen LogP contribution < -0.4 is 19.7 Å². The summed E-state index contributed by atoms with van der Waals surface area (Å²) in [5, 5.41) is 2.67. The van der Waals surface area contributed by atoms with E-state index < -0.39 is 6.03 Å². The molecule has 0 atom stereocenters. The topological polar surface area (TPSA) is 67.9 Å². The zero-order valence-corrected chi connectivity index (χ0v) is 14.1. The molecule has 1 heterocycles. The molecular formula is C16H13IN2O4. The number of nitrogens with one attached hydrogen (secondary N) is 1. The number of urea groups is 1. The molecule has 2 aromatic rings. The Hall–Kier alpha value is -2.29. The largest absolute Gasteiger partial charge is 0.486 e. The Bertz CT molecular complexity index is 733. The Labute approximate surface area is 146 Å². The molecule has 2 aromatic carbocycles. The fourth-order valence-electron chi connectivity index (χ4n) is 2.13. The van der Waals surface area contributed by atoms with Crippen LogP contribution in [0.2, 0.25) is 0 Å². The Balaban J connectivity index is 1.77. The van der Waals surface area contributed by atoms with E-state index in [0.29, 0.717) is 42.5 Å². The normalized spacial score (nSPS) is 12.4. The first-order valence-electron chi connectivity index (χ1n) is 6.88. The van der Waals surface area contributed by atoms with Crippen LogP contribution >= 0.6 is 22.6 Å². The van der Waals surface area contributed by atoms with E-state index >= 15 is 0 Å². The number of rotatable bonds is 3. The molecule has 0 bridgehead atoms. The van der Waals surface area contributed by atoms with Crippen LogP contribution in [0.5, 0.6) is 11.5 Å². The van der Waals surface area contributed by atoms with E-state index in [9.17, 15) is 9.59 Å². The molecular weight excluding hydrogens is 411 g/mol. The van der Waals surface area contributed by atoms with Crippen molar-refractivity contribution in [1.82, 2.24) is 0 Å². The lowest BCUT2D eigenvalue weighted by Crippen LogP contribution is -2.33. The van der Waals surface area contributed by atoms with Gasteiger partial charge in [-0.2, -0.15) is 0 Å². The number of hydrogen-bond acceptors (Lipinski definition) is 4. The lowest BCUT2D eigenvalue weighted by atomic mass is 10.2. The standard InChI is InChI=1S/C16H13IN2O4/c17-11-1-4-13(5-2-11)19(10-20)16(21)18-12-3-6-14-15(9-12)23-8-7-22-14/h1-6,9-10H,7-8H2,(H,18,21). The lowest BCUT2D eigenvalue weighted by molar-refractivity contribution is -0.106. The molecule has 0 spiro atoms. The van der Waals surface area contributed by atoms with Gasteiger partial charge in [0.1, 0.15) is 13.2 Å². The second-order valence-corrected chi connectivity index (χ2v) is 5.99. The first-order chi connectivity index (χ1) is 11.2. The van der Waals surface area contributed by atoms with Gasteiger partial charge in [0.15, 0.2) is 11.5 Å². The summed E-state index contributed by atoms with van der Waals surface area (Å²) < 4.78 is 11.9. The number of carbonyl (C=O) groups excluding carboxylic acids is 2. The fraction of sp³-hybridized carbons (Fsp3) is 0.125. The van der Waals surface area contributed by atoms with Crippen molar-refractivity contribution in [2.45, 2.75) is 0 Å². The molecule has 0 aliphatic carbocycles. The molecule has 1 aliphatic heterocycles. The molecule has 7 heteroatoms. The van der Waals surface area contributed by atoms with Crippen LogP contribution in [0.3, 0.4) is 0 Å². The monoisotopic (exact) mass is 424 g/mol. The minimum Gasteiger partial charge on any atom is -0.486 e. The summed E-state index contributed by atoms with van der Waals surface area (Å²) in [4.78, 5) is 24.6. The summed E-state index contributed by atoms with van der Waals surface area (Å²) in [6.45, 7) is 0.970. The summed E-state index contributed by atoms with van der Waals surface area (Å²) in [5.41, 5.74) is 1.02. The van der Waals surface area contributed by atoms with Crippen molar-refractivity contribution in [1.29, 1.82) is 0 Å². The number of amides is 3. The highest BCUT2D eigenvalue weighted by Gasteiger charge is 2.17. The Morgan fingerprint density at radius 3 is 2.48 bits per heavy atom. The van der Waals surface area contributed by atoms with Gasteiger partial charge in [-0.15, -0.1) is 0 Å². The van der Waals surface area contributed by atoms with E-state index in [-0.39, 0.29) is 0 Å². The first-order valence-corrected chi connectivity index (χ1v) is 7.96. The molecule has 3 amide bonds. The van der Waals surface area contributed by atoms with E-state index in [2.05, 4.69) is 27.9 Å². The maximum atomic E-state index is 12.3. The van der Waals surface area contributed by atoms with Gasteiger partial charge in [-0.3, -0.25) is 4.79 Å².